The first kappa shape index (κ1) is 23.9. The number of hydrogen-bond acceptors (Lipinski definition) is 4. The molecule has 1 aliphatic heterocycles. The zero-order chi connectivity index (χ0) is 25.1. The Balaban J connectivity index is 1.40. The second-order valence-electron chi connectivity index (χ2n) is 9.38. The van der Waals surface area contributed by atoms with Crippen LogP contribution in [0.3, 0.4) is 0 Å². The zero-order valence-corrected chi connectivity index (χ0v) is 21.2. The Morgan fingerprint density at radius 1 is 1.00 bits per heavy atom. The summed E-state index contributed by atoms with van der Waals surface area (Å²) in [6.07, 6.45) is 1.48. The van der Waals surface area contributed by atoms with Gasteiger partial charge in [-0.3, -0.25) is 4.79 Å². The van der Waals surface area contributed by atoms with Gasteiger partial charge in [0.25, 0.3) is 0 Å². The zero-order valence-electron chi connectivity index (χ0n) is 21.2. The SMILES string of the molecule is CC[C@@H](C)c1ccccc1OCCn1c([C@@H]2CC(=O)N(c3ccccc3OC)C2)nc2ccccc21. The number of ether oxygens (including phenoxy) is 2. The Morgan fingerprint density at radius 2 is 1.72 bits per heavy atom. The third kappa shape index (κ3) is 4.55. The Kier molecular flexibility index (Phi) is 6.94. The minimum absolute atomic E-state index is 0.0118. The van der Waals surface area contributed by atoms with Crippen LogP contribution in [0.2, 0.25) is 0 Å². The summed E-state index contributed by atoms with van der Waals surface area (Å²) in [6, 6.07) is 24.1. The quantitative estimate of drug-likeness (QED) is 0.286. The lowest BCUT2D eigenvalue weighted by Crippen LogP contribution is -2.25. The molecule has 3 aromatic carbocycles. The smallest absolute Gasteiger partial charge is 0.227 e. The molecule has 186 valence electrons. The third-order valence-corrected chi connectivity index (χ3v) is 7.18. The van der Waals surface area contributed by atoms with Gasteiger partial charge >= 0.3 is 0 Å². The largest absolute Gasteiger partial charge is 0.495 e. The molecule has 0 bridgehead atoms. The lowest BCUT2D eigenvalue weighted by Gasteiger charge is -2.20. The molecule has 6 nitrogen and oxygen atoms in total. The minimum atomic E-state index is -0.0118. The highest BCUT2D eigenvalue weighted by Gasteiger charge is 2.36. The normalized spacial score (nSPS) is 16.5. The molecule has 0 unspecified atom stereocenters. The van der Waals surface area contributed by atoms with E-state index in [4.69, 9.17) is 14.5 Å². The van der Waals surface area contributed by atoms with Crippen molar-refractivity contribution in [2.24, 2.45) is 0 Å². The van der Waals surface area contributed by atoms with E-state index in [-0.39, 0.29) is 11.8 Å². The van der Waals surface area contributed by atoms with Crippen molar-refractivity contribution in [3.05, 3.63) is 84.2 Å². The van der Waals surface area contributed by atoms with Crippen LogP contribution < -0.4 is 14.4 Å². The number of hydrogen-bond donors (Lipinski definition) is 0. The number of carbonyl (C=O) groups is 1. The van der Waals surface area contributed by atoms with E-state index in [1.807, 2.05) is 53.4 Å². The van der Waals surface area contributed by atoms with E-state index in [1.165, 1.54) is 5.56 Å². The van der Waals surface area contributed by atoms with E-state index in [0.29, 0.717) is 37.8 Å². The average Bonchev–Trinajstić information content (AvgIpc) is 3.48. The Hall–Kier alpha value is -3.80. The van der Waals surface area contributed by atoms with E-state index in [9.17, 15) is 4.79 Å². The summed E-state index contributed by atoms with van der Waals surface area (Å²) < 4.78 is 14.0. The van der Waals surface area contributed by atoms with Crippen LogP contribution in [-0.2, 0) is 11.3 Å². The number of anilines is 1. The van der Waals surface area contributed by atoms with Crippen molar-refractivity contribution in [3.8, 4) is 11.5 Å². The molecule has 0 spiro atoms. The van der Waals surface area contributed by atoms with Crippen LogP contribution in [0.5, 0.6) is 11.5 Å². The highest BCUT2D eigenvalue weighted by Crippen LogP contribution is 2.37. The lowest BCUT2D eigenvalue weighted by atomic mass is 9.98. The molecule has 2 heterocycles. The Bertz CT molecular complexity index is 1360. The van der Waals surface area contributed by atoms with Crippen LogP contribution in [0.25, 0.3) is 11.0 Å². The van der Waals surface area contributed by atoms with Gasteiger partial charge in [0.15, 0.2) is 0 Å². The summed E-state index contributed by atoms with van der Waals surface area (Å²) in [4.78, 5) is 19.9. The van der Waals surface area contributed by atoms with Gasteiger partial charge in [0, 0.05) is 18.9 Å². The topological polar surface area (TPSA) is 56.6 Å². The fraction of sp³-hybridized carbons (Fsp3) is 0.333. The van der Waals surface area contributed by atoms with Gasteiger partial charge in [-0.05, 0) is 48.2 Å². The Morgan fingerprint density at radius 3 is 2.53 bits per heavy atom. The molecular formula is C30H33N3O3. The molecule has 1 fully saturated rings. The molecular weight excluding hydrogens is 450 g/mol. The summed E-state index contributed by atoms with van der Waals surface area (Å²) in [5.74, 6) is 3.09. The monoisotopic (exact) mass is 483 g/mol. The van der Waals surface area contributed by atoms with Crippen LogP contribution >= 0.6 is 0 Å². The maximum absolute atomic E-state index is 13.1. The number of imidazole rings is 1. The minimum Gasteiger partial charge on any atom is -0.495 e. The van der Waals surface area contributed by atoms with Gasteiger partial charge in [-0.15, -0.1) is 0 Å². The summed E-state index contributed by atoms with van der Waals surface area (Å²) in [6.45, 7) is 6.18. The van der Waals surface area contributed by atoms with E-state index in [2.05, 4.69) is 42.7 Å². The predicted octanol–water partition coefficient (Wildman–Crippen LogP) is 6.16. The van der Waals surface area contributed by atoms with E-state index in [1.54, 1.807) is 7.11 Å². The molecule has 1 amide bonds. The van der Waals surface area contributed by atoms with Crippen molar-refractivity contribution in [1.82, 2.24) is 9.55 Å². The predicted molar refractivity (Wildman–Crippen MR) is 143 cm³/mol. The van der Waals surface area contributed by atoms with Gasteiger partial charge in [-0.25, -0.2) is 4.98 Å². The van der Waals surface area contributed by atoms with Crippen molar-refractivity contribution in [2.45, 2.75) is 45.1 Å². The number of aromatic nitrogens is 2. The number of para-hydroxylation sites is 5. The molecule has 0 N–H and O–H groups in total. The number of benzene rings is 3. The number of methoxy groups -OCH3 is 1. The highest BCUT2D eigenvalue weighted by molar-refractivity contribution is 5.97. The van der Waals surface area contributed by atoms with Gasteiger partial charge in [0.2, 0.25) is 5.91 Å². The standard InChI is InChI=1S/C30H33N3O3/c1-4-21(2)23-11-5-9-15-27(23)36-18-17-32-25-13-7-6-12-24(25)31-30(32)22-19-29(34)33(20-22)26-14-8-10-16-28(26)35-3/h5-16,21-22H,4,17-20H2,1-3H3/t21-,22-/m1/s1. The van der Waals surface area contributed by atoms with Crippen LogP contribution in [0, 0.1) is 0 Å². The molecule has 2 atom stereocenters. The van der Waals surface area contributed by atoms with Gasteiger partial charge < -0.3 is 18.9 Å². The maximum Gasteiger partial charge on any atom is 0.227 e. The summed E-state index contributed by atoms with van der Waals surface area (Å²) in [7, 11) is 1.63. The van der Waals surface area contributed by atoms with E-state index >= 15 is 0 Å². The first-order valence-electron chi connectivity index (χ1n) is 12.7. The molecule has 1 saturated heterocycles. The van der Waals surface area contributed by atoms with Crippen molar-refractivity contribution in [2.75, 3.05) is 25.2 Å². The second-order valence-corrected chi connectivity index (χ2v) is 9.38. The maximum atomic E-state index is 13.1. The van der Waals surface area contributed by atoms with Gasteiger partial charge in [0.1, 0.15) is 23.9 Å². The number of nitrogens with zero attached hydrogens (tertiary/aromatic N) is 3. The van der Waals surface area contributed by atoms with Crippen molar-refractivity contribution >= 4 is 22.6 Å². The summed E-state index contributed by atoms with van der Waals surface area (Å²) in [5, 5.41) is 0. The summed E-state index contributed by atoms with van der Waals surface area (Å²) >= 11 is 0. The van der Waals surface area contributed by atoms with Crippen LogP contribution in [0.15, 0.2) is 72.8 Å². The molecule has 1 aliphatic rings. The lowest BCUT2D eigenvalue weighted by molar-refractivity contribution is -0.117. The number of fused-ring (bicyclic) bond motifs is 1. The van der Waals surface area contributed by atoms with Crippen LogP contribution in [0.4, 0.5) is 5.69 Å². The van der Waals surface area contributed by atoms with Crippen molar-refractivity contribution in [1.29, 1.82) is 0 Å². The Labute approximate surface area is 212 Å². The molecule has 6 heteroatoms. The molecule has 0 saturated carbocycles. The molecule has 0 aliphatic carbocycles. The number of carbonyl (C=O) groups excluding carboxylic acids is 1. The third-order valence-electron chi connectivity index (χ3n) is 7.18. The fourth-order valence-electron chi connectivity index (χ4n) is 5.09. The fourth-order valence-corrected chi connectivity index (χ4v) is 5.09. The van der Waals surface area contributed by atoms with Crippen molar-refractivity contribution < 1.29 is 14.3 Å². The molecule has 36 heavy (non-hydrogen) atoms. The van der Waals surface area contributed by atoms with Crippen LogP contribution in [0.1, 0.15) is 49.9 Å². The van der Waals surface area contributed by atoms with Crippen LogP contribution in [-0.4, -0.2) is 35.7 Å². The van der Waals surface area contributed by atoms with Gasteiger partial charge in [-0.1, -0.05) is 56.3 Å². The molecule has 0 radical (unpaired) electrons. The molecule has 4 aromatic rings. The molecule has 5 rings (SSSR count). The number of amides is 1. The van der Waals surface area contributed by atoms with Gasteiger partial charge in [0.05, 0.1) is 30.4 Å². The van der Waals surface area contributed by atoms with E-state index in [0.717, 1.165) is 34.7 Å². The highest BCUT2D eigenvalue weighted by atomic mass is 16.5. The second kappa shape index (κ2) is 10.4. The van der Waals surface area contributed by atoms with E-state index < -0.39 is 0 Å². The summed E-state index contributed by atoms with van der Waals surface area (Å²) in [5.41, 5.74) is 4.05. The first-order valence-corrected chi connectivity index (χ1v) is 12.7. The first-order chi connectivity index (χ1) is 17.6. The molecule has 1 aromatic heterocycles. The number of rotatable bonds is 9. The van der Waals surface area contributed by atoms with Gasteiger partial charge in [-0.2, -0.15) is 0 Å². The van der Waals surface area contributed by atoms with Crippen molar-refractivity contribution in [3.63, 3.8) is 0 Å². The average molecular weight is 484 g/mol.